The number of benzene rings is 1. The van der Waals surface area contributed by atoms with Crippen molar-refractivity contribution in [3.05, 3.63) is 71.3 Å². The van der Waals surface area contributed by atoms with Gasteiger partial charge in [-0.05, 0) is 36.2 Å². The average Bonchev–Trinajstić information content (AvgIpc) is 3.02. The third-order valence-corrected chi connectivity index (χ3v) is 3.38. The highest BCUT2D eigenvalue weighted by Gasteiger charge is 2.09. The highest BCUT2D eigenvalue weighted by molar-refractivity contribution is 5.37. The van der Waals surface area contributed by atoms with E-state index in [4.69, 9.17) is 10.00 Å². The van der Waals surface area contributed by atoms with Crippen molar-refractivity contribution in [2.24, 2.45) is 0 Å². The van der Waals surface area contributed by atoms with Crippen molar-refractivity contribution in [3.63, 3.8) is 0 Å². The van der Waals surface area contributed by atoms with Crippen LogP contribution in [0, 0.1) is 24.1 Å². The van der Waals surface area contributed by atoms with E-state index in [2.05, 4.69) is 16.2 Å². The van der Waals surface area contributed by atoms with Gasteiger partial charge in [0.15, 0.2) is 5.82 Å². The second-order valence-electron chi connectivity index (χ2n) is 4.96. The Morgan fingerprint density at radius 2 is 2.09 bits per heavy atom. The maximum absolute atomic E-state index is 13.1. The van der Waals surface area contributed by atoms with E-state index in [9.17, 15) is 4.39 Å². The molecule has 0 unspecified atom stereocenters. The molecule has 2 aromatic heterocycles. The summed E-state index contributed by atoms with van der Waals surface area (Å²) in [6.45, 7) is 2.12. The largest absolute Gasteiger partial charge is 0.473 e. The Morgan fingerprint density at radius 3 is 2.87 bits per heavy atom. The lowest BCUT2D eigenvalue weighted by atomic mass is 10.1. The van der Waals surface area contributed by atoms with Gasteiger partial charge < -0.3 is 4.74 Å². The van der Waals surface area contributed by atoms with Gasteiger partial charge in [0, 0.05) is 18.3 Å². The number of hydrogen-bond acceptors (Lipinski definition) is 4. The minimum Gasteiger partial charge on any atom is -0.473 e. The normalized spacial score (nSPS) is 10.3. The van der Waals surface area contributed by atoms with Gasteiger partial charge in [-0.1, -0.05) is 6.07 Å². The van der Waals surface area contributed by atoms with Crippen molar-refractivity contribution in [2.75, 3.05) is 0 Å². The van der Waals surface area contributed by atoms with Gasteiger partial charge in [-0.3, -0.25) is 0 Å². The molecule has 0 saturated carbocycles. The summed E-state index contributed by atoms with van der Waals surface area (Å²) in [7, 11) is 0. The first kappa shape index (κ1) is 14.7. The van der Waals surface area contributed by atoms with Crippen LogP contribution in [0.1, 0.15) is 16.7 Å². The van der Waals surface area contributed by atoms with Crippen molar-refractivity contribution >= 4 is 0 Å². The topological polar surface area (TPSA) is 63.7 Å². The van der Waals surface area contributed by atoms with Crippen LogP contribution in [-0.4, -0.2) is 14.8 Å². The first-order valence-electron chi connectivity index (χ1n) is 6.96. The number of nitrogens with zero attached hydrogens (tertiary/aromatic N) is 4. The van der Waals surface area contributed by atoms with E-state index < -0.39 is 0 Å². The lowest BCUT2D eigenvalue weighted by Crippen LogP contribution is -2.06. The zero-order chi connectivity index (χ0) is 16.2. The Morgan fingerprint density at radius 1 is 1.22 bits per heavy atom. The van der Waals surface area contributed by atoms with Crippen LogP contribution in [0.15, 0.2) is 48.8 Å². The maximum atomic E-state index is 13.1. The van der Waals surface area contributed by atoms with E-state index in [-0.39, 0.29) is 12.4 Å². The number of rotatable bonds is 4. The van der Waals surface area contributed by atoms with Crippen molar-refractivity contribution in [1.82, 2.24) is 14.8 Å². The molecule has 0 amide bonds. The number of halogens is 1. The molecule has 23 heavy (non-hydrogen) atoms. The molecule has 0 radical (unpaired) electrons. The van der Waals surface area contributed by atoms with Gasteiger partial charge in [0.05, 0.1) is 17.8 Å². The number of hydrogen-bond donors (Lipinski definition) is 0. The minimum atomic E-state index is -0.270. The maximum Gasteiger partial charge on any atom is 0.218 e. The van der Waals surface area contributed by atoms with Gasteiger partial charge in [-0.2, -0.15) is 15.0 Å². The predicted octanol–water partition coefficient (Wildman–Crippen LogP) is 3.17. The number of pyridine rings is 1. The first-order chi connectivity index (χ1) is 11.2. The Labute approximate surface area is 132 Å². The van der Waals surface area contributed by atoms with E-state index in [1.54, 1.807) is 36.7 Å². The molecule has 0 aliphatic heterocycles. The summed E-state index contributed by atoms with van der Waals surface area (Å²) >= 11 is 0. The quantitative estimate of drug-likeness (QED) is 0.742. The van der Waals surface area contributed by atoms with Crippen LogP contribution in [-0.2, 0) is 6.61 Å². The summed E-state index contributed by atoms with van der Waals surface area (Å²) in [5.41, 5.74) is 2.20. The Hall–Kier alpha value is -3.20. The molecule has 114 valence electrons. The summed E-state index contributed by atoms with van der Waals surface area (Å²) < 4.78 is 20.4. The molecule has 6 heteroatoms. The highest BCUT2D eigenvalue weighted by atomic mass is 19.1. The first-order valence-corrected chi connectivity index (χ1v) is 6.96. The summed E-state index contributed by atoms with van der Waals surface area (Å²) in [4.78, 5) is 4.19. The zero-order valence-corrected chi connectivity index (χ0v) is 12.4. The SMILES string of the molecule is Cc1cc(F)ccc1COc1ccnn1-c1cc(C#N)ccn1. The van der Waals surface area contributed by atoms with Crippen LogP contribution in [0.5, 0.6) is 5.88 Å². The summed E-state index contributed by atoms with van der Waals surface area (Å²) in [6, 6.07) is 11.6. The third-order valence-electron chi connectivity index (χ3n) is 3.38. The van der Waals surface area contributed by atoms with E-state index in [0.717, 1.165) is 11.1 Å². The van der Waals surface area contributed by atoms with Crippen molar-refractivity contribution in [3.8, 4) is 17.8 Å². The minimum absolute atomic E-state index is 0.270. The van der Waals surface area contributed by atoms with Crippen LogP contribution >= 0.6 is 0 Å². The summed E-state index contributed by atoms with van der Waals surface area (Å²) in [5.74, 6) is 0.727. The molecule has 3 aromatic rings. The van der Waals surface area contributed by atoms with Gasteiger partial charge in [-0.15, -0.1) is 0 Å². The standard InChI is InChI=1S/C17H13FN4O/c1-12-8-15(18)3-2-14(12)11-23-17-5-7-21-22(17)16-9-13(10-19)4-6-20-16/h2-9H,11H2,1H3. The molecular weight excluding hydrogens is 295 g/mol. The molecule has 0 atom stereocenters. The Balaban J connectivity index is 1.82. The second-order valence-corrected chi connectivity index (χ2v) is 4.96. The molecular formula is C17H13FN4O. The number of aryl methyl sites for hydroxylation is 1. The van der Waals surface area contributed by atoms with E-state index in [1.807, 2.05) is 6.92 Å². The van der Waals surface area contributed by atoms with Gasteiger partial charge >= 0.3 is 0 Å². The molecule has 0 aliphatic carbocycles. The van der Waals surface area contributed by atoms with E-state index in [0.29, 0.717) is 17.3 Å². The number of nitriles is 1. The molecule has 3 rings (SSSR count). The Kier molecular flexibility index (Phi) is 4.02. The van der Waals surface area contributed by atoms with Gasteiger partial charge in [-0.25, -0.2) is 9.37 Å². The Bertz CT molecular complexity index is 882. The van der Waals surface area contributed by atoms with Gasteiger partial charge in [0.25, 0.3) is 0 Å². The fraction of sp³-hybridized carbons (Fsp3) is 0.118. The molecule has 0 bridgehead atoms. The summed E-state index contributed by atoms with van der Waals surface area (Å²) in [5, 5.41) is 13.1. The van der Waals surface area contributed by atoms with E-state index in [1.165, 1.54) is 16.8 Å². The highest BCUT2D eigenvalue weighted by Crippen LogP contribution is 2.19. The lowest BCUT2D eigenvalue weighted by molar-refractivity contribution is 0.283. The smallest absolute Gasteiger partial charge is 0.218 e. The summed E-state index contributed by atoms with van der Waals surface area (Å²) in [6.07, 6.45) is 3.14. The van der Waals surface area contributed by atoms with Crippen LogP contribution in [0.3, 0.4) is 0 Å². The second kappa shape index (κ2) is 6.28. The van der Waals surface area contributed by atoms with E-state index >= 15 is 0 Å². The zero-order valence-electron chi connectivity index (χ0n) is 12.4. The van der Waals surface area contributed by atoms with Crippen LogP contribution in [0.25, 0.3) is 5.82 Å². The van der Waals surface area contributed by atoms with Gasteiger partial charge in [0.2, 0.25) is 5.88 Å². The molecule has 5 nitrogen and oxygen atoms in total. The molecule has 0 N–H and O–H groups in total. The number of ether oxygens (including phenoxy) is 1. The van der Waals surface area contributed by atoms with Crippen molar-refractivity contribution in [2.45, 2.75) is 13.5 Å². The molecule has 2 heterocycles. The van der Waals surface area contributed by atoms with Crippen LogP contribution in [0.2, 0.25) is 0 Å². The molecule has 0 saturated heterocycles. The molecule has 0 spiro atoms. The van der Waals surface area contributed by atoms with Crippen LogP contribution < -0.4 is 4.74 Å². The van der Waals surface area contributed by atoms with Crippen molar-refractivity contribution < 1.29 is 9.13 Å². The third kappa shape index (κ3) is 3.19. The lowest BCUT2D eigenvalue weighted by Gasteiger charge is -2.10. The molecule has 1 aromatic carbocycles. The molecule has 0 aliphatic rings. The number of aromatic nitrogens is 3. The van der Waals surface area contributed by atoms with Crippen LogP contribution in [0.4, 0.5) is 4.39 Å². The average molecular weight is 308 g/mol. The fourth-order valence-corrected chi connectivity index (χ4v) is 2.15. The van der Waals surface area contributed by atoms with Gasteiger partial charge in [0.1, 0.15) is 12.4 Å². The monoisotopic (exact) mass is 308 g/mol. The predicted molar refractivity (Wildman–Crippen MR) is 81.5 cm³/mol. The molecule has 0 fully saturated rings. The van der Waals surface area contributed by atoms with Crippen molar-refractivity contribution in [1.29, 1.82) is 5.26 Å². The fourth-order valence-electron chi connectivity index (χ4n) is 2.15.